The van der Waals surface area contributed by atoms with Crippen molar-refractivity contribution in [1.82, 2.24) is 5.06 Å². The number of hydroxylamine groups is 2. The third-order valence-electron chi connectivity index (χ3n) is 5.96. The van der Waals surface area contributed by atoms with Crippen molar-refractivity contribution in [1.29, 1.82) is 0 Å². The highest BCUT2D eigenvalue weighted by Gasteiger charge is 2.69. The molecule has 0 aromatic heterocycles. The van der Waals surface area contributed by atoms with Crippen molar-refractivity contribution in [2.24, 2.45) is 22.7 Å². The van der Waals surface area contributed by atoms with Gasteiger partial charge in [0.2, 0.25) is 0 Å². The van der Waals surface area contributed by atoms with Gasteiger partial charge in [-0.2, -0.15) is 0 Å². The molecular formula is C14H23NO2. The molecule has 3 aliphatic rings. The van der Waals surface area contributed by atoms with Gasteiger partial charge in [0, 0.05) is 7.05 Å². The summed E-state index contributed by atoms with van der Waals surface area (Å²) in [6.45, 7) is 2.13. The first-order valence-corrected chi connectivity index (χ1v) is 7.04. The quantitative estimate of drug-likeness (QED) is 0.592. The van der Waals surface area contributed by atoms with Crippen molar-refractivity contribution in [3.05, 3.63) is 0 Å². The summed E-state index contributed by atoms with van der Waals surface area (Å²) in [7, 11) is 1.49. The molecule has 3 saturated carbocycles. The molecule has 3 fully saturated rings. The highest BCUT2D eigenvalue weighted by Crippen LogP contribution is 2.74. The third kappa shape index (κ3) is 1.29. The van der Waals surface area contributed by atoms with Crippen LogP contribution in [0.2, 0.25) is 0 Å². The van der Waals surface area contributed by atoms with E-state index >= 15 is 0 Å². The van der Waals surface area contributed by atoms with Crippen molar-refractivity contribution in [3.63, 3.8) is 0 Å². The lowest BCUT2D eigenvalue weighted by Crippen LogP contribution is -2.49. The van der Waals surface area contributed by atoms with Crippen LogP contribution in [0.15, 0.2) is 0 Å². The highest BCUT2D eigenvalue weighted by molar-refractivity contribution is 5.83. The molecule has 3 atom stereocenters. The monoisotopic (exact) mass is 237 g/mol. The van der Waals surface area contributed by atoms with Gasteiger partial charge in [0.25, 0.3) is 5.91 Å². The maximum absolute atomic E-state index is 12.5. The lowest BCUT2D eigenvalue weighted by molar-refractivity contribution is -0.180. The molecule has 3 heteroatoms. The Morgan fingerprint density at radius 1 is 1.41 bits per heavy atom. The number of carbonyl (C=O) groups is 1. The zero-order valence-electron chi connectivity index (χ0n) is 10.9. The molecule has 3 nitrogen and oxygen atoms in total. The van der Waals surface area contributed by atoms with Crippen molar-refractivity contribution in [3.8, 4) is 0 Å². The highest BCUT2D eigenvalue weighted by atomic mass is 16.5. The average Bonchev–Trinajstić information content (AvgIpc) is 3.06. The van der Waals surface area contributed by atoms with E-state index in [4.69, 9.17) is 0 Å². The second-order valence-electron chi connectivity index (χ2n) is 6.47. The van der Waals surface area contributed by atoms with Gasteiger partial charge in [-0.25, -0.2) is 5.06 Å². The van der Waals surface area contributed by atoms with Crippen molar-refractivity contribution >= 4 is 5.91 Å². The first-order chi connectivity index (χ1) is 8.07. The van der Waals surface area contributed by atoms with Crippen LogP contribution in [0.4, 0.5) is 0 Å². The Hall–Kier alpha value is -0.570. The minimum Gasteiger partial charge on any atom is -0.286 e. The van der Waals surface area contributed by atoms with Crippen LogP contribution in [-0.4, -0.2) is 23.2 Å². The second-order valence-corrected chi connectivity index (χ2v) is 6.47. The van der Waals surface area contributed by atoms with E-state index in [1.54, 1.807) is 0 Å². The van der Waals surface area contributed by atoms with Gasteiger partial charge < -0.3 is 0 Å². The molecule has 1 N–H and O–H groups in total. The van der Waals surface area contributed by atoms with Gasteiger partial charge in [-0.05, 0) is 55.8 Å². The predicted octanol–water partition coefficient (Wildman–Crippen LogP) is 2.83. The van der Waals surface area contributed by atoms with Gasteiger partial charge in [-0.3, -0.25) is 10.0 Å². The van der Waals surface area contributed by atoms with E-state index in [-0.39, 0.29) is 11.3 Å². The van der Waals surface area contributed by atoms with Crippen molar-refractivity contribution in [2.45, 2.75) is 51.9 Å². The molecule has 0 aliphatic heterocycles. The molecule has 3 aliphatic carbocycles. The summed E-state index contributed by atoms with van der Waals surface area (Å²) in [5, 5.41) is 10.5. The van der Waals surface area contributed by atoms with E-state index in [9.17, 15) is 10.0 Å². The van der Waals surface area contributed by atoms with Gasteiger partial charge in [-0.15, -0.1) is 0 Å². The van der Waals surface area contributed by atoms with Crippen LogP contribution < -0.4 is 0 Å². The molecule has 96 valence electrons. The van der Waals surface area contributed by atoms with E-state index in [1.165, 1.54) is 45.6 Å². The van der Waals surface area contributed by atoms with Crippen LogP contribution in [-0.2, 0) is 4.79 Å². The molecular weight excluding hydrogens is 214 g/mol. The Kier molecular flexibility index (Phi) is 2.35. The van der Waals surface area contributed by atoms with Crippen LogP contribution in [0.3, 0.4) is 0 Å². The smallest absolute Gasteiger partial charge is 0.252 e. The largest absolute Gasteiger partial charge is 0.286 e. The first-order valence-electron chi connectivity index (χ1n) is 7.04. The fourth-order valence-electron chi connectivity index (χ4n) is 5.16. The zero-order chi connectivity index (χ0) is 12.3. The molecule has 0 aromatic carbocycles. The summed E-state index contributed by atoms with van der Waals surface area (Å²) in [4.78, 5) is 12.5. The van der Waals surface area contributed by atoms with Crippen LogP contribution in [0, 0.1) is 22.7 Å². The fourth-order valence-corrected chi connectivity index (χ4v) is 5.16. The van der Waals surface area contributed by atoms with Crippen LogP contribution in [0.1, 0.15) is 51.9 Å². The number of hydrogen-bond acceptors (Lipinski definition) is 2. The van der Waals surface area contributed by atoms with Crippen molar-refractivity contribution < 1.29 is 10.0 Å². The molecule has 1 amide bonds. The van der Waals surface area contributed by atoms with E-state index in [1.807, 2.05) is 0 Å². The Morgan fingerprint density at radius 3 is 2.65 bits per heavy atom. The molecule has 3 unspecified atom stereocenters. The van der Waals surface area contributed by atoms with E-state index in [2.05, 4.69) is 6.92 Å². The minimum atomic E-state index is -0.238. The van der Waals surface area contributed by atoms with Crippen LogP contribution in [0.5, 0.6) is 0 Å². The van der Waals surface area contributed by atoms with E-state index < -0.39 is 0 Å². The molecule has 17 heavy (non-hydrogen) atoms. The topological polar surface area (TPSA) is 40.5 Å². The maximum atomic E-state index is 12.5. The summed E-state index contributed by atoms with van der Waals surface area (Å²) in [6.07, 6.45) is 8.44. The summed E-state index contributed by atoms with van der Waals surface area (Å²) < 4.78 is 0. The SMILES string of the molecule is CCC1(C(=O)N(C)O)C2CCCC1C1(CC1)C2. The average molecular weight is 237 g/mol. The zero-order valence-corrected chi connectivity index (χ0v) is 10.9. The fraction of sp³-hybridized carbons (Fsp3) is 0.929. The lowest BCUT2D eigenvalue weighted by Gasteiger charge is -2.43. The summed E-state index contributed by atoms with van der Waals surface area (Å²) in [5.74, 6) is 1.05. The Bertz CT molecular complexity index is 348. The van der Waals surface area contributed by atoms with Crippen LogP contribution in [0.25, 0.3) is 0 Å². The number of rotatable bonds is 2. The number of hydrogen-bond donors (Lipinski definition) is 1. The molecule has 3 rings (SSSR count). The van der Waals surface area contributed by atoms with Gasteiger partial charge in [0.05, 0.1) is 5.41 Å². The lowest BCUT2D eigenvalue weighted by atomic mass is 9.61. The first kappa shape index (κ1) is 11.5. The number of carbonyl (C=O) groups excluding carboxylic acids is 1. The Morgan fingerprint density at radius 2 is 2.12 bits per heavy atom. The normalized spacial score (nSPS) is 41.6. The summed E-state index contributed by atoms with van der Waals surface area (Å²) in [5.41, 5.74) is 0.251. The van der Waals surface area contributed by atoms with E-state index in [0.717, 1.165) is 11.5 Å². The number of amides is 1. The summed E-state index contributed by atoms with van der Waals surface area (Å²) >= 11 is 0. The predicted molar refractivity (Wildman–Crippen MR) is 64.4 cm³/mol. The molecule has 2 bridgehead atoms. The second kappa shape index (κ2) is 3.47. The summed E-state index contributed by atoms with van der Waals surface area (Å²) in [6, 6.07) is 0. The number of nitrogens with zero attached hydrogens (tertiary/aromatic N) is 1. The van der Waals surface area contributed by atoms with Gasteiger partial charge in [0.15, 0.2) is 0 Å². The third-order valence-corrected chi connectivity index (χ3v) is 5.96. The minimum absolute atomic E-state index is 0.0153. The van der Waals surface area contributed by atoms with Crippen molar-refractivity contribution in [2.75, 3.05) is 7.05 Å². The standard InChI is InChI=1S/C14H23NO2/c1-3-14(12(16)15(2)17)10-5-4-6-11(14)13(9-10)7-8-13/h10-11,17H,3-9H2,1-2H3. The maximum Gasteiger partial charge on any atom is 0.252 e. The molecule has 1 spiro atoms. The Balaban J connectivity index is 2.02. The molecule has 0 aromatic rings. The van der Waals surface area contributed by atoms with Gasteiger partial charge in [-0.1, -0.05) is 13.3 Å². The Labute approximate surface area is 103 Å². The van der Waals surface area contributed by atoms with Crippen LogP contribution >= 0.6 is 0 Å². The van der Waals surface area contributed by atoms with Gasteiger partial charge >= 0.3 is 0 Å². The van der Waals surface area contributed by atoms with Gasteiger partial charge in [0.1, 0.15) is 0 Å². The molecule has 0 heterocycles. The molecule has 0 radical (unpaired) electrons. The number of fused-ring (bicyclic) bond motifs is 3. The van der Waals surface area contributed by atoms with E-state index in [0.29, 0.717) is 17.3 Å². The molecule has 0 saturated heterocycles.